The Kier molecular flexibility index (Phi) is 6.75. The van der Waals surface area contributed by atoms with Gasteiger partial charge in [0.15, 0.2) is 6.61 Å². The highest BCUT2D eigenvalue weighted by Crippen LogP contribution is 2.26. The van der Waals surface area contributed by atoms with E-state index in [1.807, 2.05) is 0 Å². The summed E-state index contributed by atoms with van der Waals surface area (Å²) in [6.45, 7) is 0.909. The first kappa shape index (κ1) is 21.1. The van der Waals surface area contributed by atoms with Crippen LogP contribution in [0.2, 0.25) is 0 Å². The van der Waals surface area contributed by atoms with Gasteiger partial charge in [-0.25, -0.2) is 13.2 Å². The number of nitrogens with one attached hydrogen (secondary N) is 1. The lowest BCUT2D eigenvalue weighted by molar-refractivity contribution is -0.134. The maximum absolute atomic E-state index is 12.2. The fourth-order valence-electron chi connectivity index (χ4n) is 3.01. The average molecular weight is 439 g/mol. The molecule has 29 heavy (non-hydrogen) atoms. The first-order valence-corrected chi connectivity index (χ1v) is 11.6. The van der Waals surface area contributed by atoms with Crippen molar-refractivity contribution in [1.82, 2.24) is 4.90 Å². The van der Waals surface area contributed by atoms with Gasteiger partial charge in [0.25, 0.3) is 15.9 Å². The van der Waals surface area contributed by atoms with Crippen LogP contribution < -0.4 is 4.72 Å². The summed E-state index contributed by atoms with van der Waals surface area (Å²) in [6.07, 6.45) is 4.03. The Balaban J connectivity index is 1.60. The van der Waals surface area contributed by atoms with E-state index in [0.29, 0.717) is 13.1 Å². The van der Waals surface area contributed by atoms with Crippen molar-refractivity contribution < 1.29 is 27.9 Å². The average Bonchev–Trinajstić information content (AvgIpc) is 3.10. The molecule has 1 aliphatic rings. The number of sulfonamides is 1. The number of benzene rings is 1. The van der Waals surface area contributed by atoms with E-state index in [2.05, 4.69) is 4.72 Å². The van der Waals surface area contributed by atoms with Crippen LogP contribution in [0.3, 0.4) is 0 Å². The number of phenols is 1. The third-order valence-electron chi connectivity index (χ3n) is 4.52. The predicted octanol–water partition coefficient (Wildman–Crippen LogP) is 2.81. The number of likely N-dealkylation sites (tertiary alicyclic amines) is 1. The molecule has 0 bridgehead atoms. The van der Waals surface area contributed by atoms with Gasteiger partial charge in [-0.2, -0.15) is 0 Å². The highest BCUT2D eigenvalue weighted by molar-refractivity contribution is 7.94. The number of anilines is 1. The van der Waals surface area contributed by atoms with Gasteiger partial charge in [-0.1, -0.05) is 18.9 Å². The monoisotopic (exact) mass is 438 g/mol. The molecule has 2 heterocycles. The van der Waals surface area contributed by atoms with Gasteiger partial charge in [-0.3, -0.25) is 9.52 Å². The molecule has 8 nitrogen and oxygen atoms in total. The second-order valence-corrected chi connectivity index (χ2v) is 9.50. The number of hydrogen-bond acceptors (Lipinski definition) is 7. The van der Waals surface area contributed by atoms with Crippen molar-refractivity contribution in [3.05, 3.63) is 41.3 Å². The third-order valence-corrected chi connectivity index (χ3v) is 7.29. The van der Waals surface area contributed by atoms with Gasteiger partial charge in [-0.15, -0.1) is 11.3 Å². The summed E-state index contributed by atoms with van der Waals surface area (Å²) in [4.78, 5) is 26.1. The van der Waals surface area contributed by atoms with E-state index in [9.17, 15) is 23.1 Å². The number of amides is 1. The van der Waals surface area contributed by atoms with Crippen LogP contribution in [0.5, 0.6) is 5.75 Å². The second-order valence-electron chi connectivity index (χ2n) is 6.64. The summed E-state index contributed by atoms with van der Waals surface area (Å²) in [5.74, 6) is -1.55. The zero-order valence-electron chi connectivity index (χ0n) is 15.7. The van der Waals surface area contributed by atoms with E-state index in [-0.39, 0.29) is 21.4 Å². The van der Waals surface area contributed by atoms with Crippen LogP contribution in [-0.4, -0.2) is 50.0 Å². The standard InChI is InChI=1S/C19H22N2O6S2/c22-16-12-14(20-29(25,26)18-6-5-11-28-18)7-8-15(16)19(24)27-13-17(23)21-9-3-1-2-4-10-21/h5-8,11-12,20,22H,1-4,9-10,13H2. The Morgan fingerprint density at radius 1 is 1.14 bits per heavy atom. The van der Waals surface area contributed by atoms with Gasteiger partial charge >= 0.3 is 5.97 Å². The first-order chi connectivity index (χ1) is 13.9. The summed E-state index contributed by atoms with van der Waals surface area (Å²) in [5.41, 5.74) is -0.0409. The molecule has 0 saturated carbocycles. The molecule has 10 heteroatoms. The van der Waals surface area contributed by atoms with Gasteiger partial charge < -0.3 is 14.7 Å². The zero-order valence-corrected chi connectivity index (χ0v) is 17.3. The summed E-state index contributed by atoms with van der Waals surface area (Å²) in [7, 11) is -3.77. The number of hydrogen-bond donors (Lipinski definition) is 2. The Bertz CT molecular complexity index is 965. The Morgan fingerprint density at radius 3 is 2.48 bits per heavy atom. The molecule has 1 amide bonds. The second kappa shape index (κ2) is 9.27. The lowest BCUT2D eigenvalue weighted by Gasteiger charge is -2.20. The molecule has 0 radical (unpaired) electrons. The Hall–Kier alpha value is -2.59. The quantitative estimate of drug-likeness (QED) is 0.671. The van der Waals surface area contributed by atoms with E-state index in [1.165, 1.54) is 18.2 Å². The van der Waals surface area contributed by atoms with Crippen molar-refractivity contribution in [2.45, 2.75) is 29.9 Å². The molecule has 1 aliphatic heterocycles. The third kappa shape index (κ3) is 5.48. The topological polar surface area (TPSA) is 113 Å². The van der Waals surface area contributed by atoms with Crippen molar-refractivity contribution >= 4 is 38.9 Å². The van der Waals surface area contributed by atoms with Crippen molar-refractivity contribution in [2.75, 3.05) is 24.4 Å². The number of esters is 1. The van der Waals surface area contributed by atoms with Crippen LogP contribution in [0.4, 0.5) is 5.69 Å². The van der Waals surface area contributed by atoms with Crippen LogP contribution in [0.25, 0.3) is 0 Å². The Morgan fingerprint density at radius 2 is 1.86 bits per heavy atom. The summed E-state index contributed by atoms with van der Waals surface area (Å²) < 4.78 is 32.0. The summed E-state index contributed by atoms with van der Waals surface area (Å²) in [5, 5.41) is 11.7. The van der Waals surface area contributed by atoms with Crippen molar-refractivity contribution in [2.24, 2.45) is 0 Å². The van der Waals surface area contributed by atoms with Crippen LogP contribution in [0.1, 0.15) is 36.0 Å². The van der Waals surface area contributed by atoms with Crippen LogP contribution >= 0.6 is 11.3 Å². The Labute approximate surface area is 173 Å². The maximum Gasteiger partial charge on any atom is 0.342 e. The van der Waals surface area contributed by atoms with Gasteiger partial charge in [0, 0.05) is 19.2 Å². The molecular formula is C19H22N2O6S2. The largest absolute Gasteiger partial charge is 0.507 e. The minimum Gasteiger partial charge on any atom is -0.507 e. The molecule has 0 aliphatic carbocycles. The van der Waals surface area contributed by atoms with E-state index in [1.54, 1.807) is 16.3 Å². The lowest BCUT2D eigenvalue weighted by Crippen LogP contribution is -2.35. The van der Waals surface area contributed by atoms with E-state index < -0.39 is 28.3 Å². The number of nitrogens with zero attached hydrogens (tertiary/aromatic N) is 1. The minimum absolute atomic E-state index is 0.105. The fourth-order valence-corrected chi connectivity index (χ4v) is 5.05. The van der Waals surface area contributed by atoms with Crippen LogP contribution in [0, 0.1) is 0 Å². The number of rotatable bonds is 6. The van der Waals surface area contributed by atoms with E-state index in [0.717, 1.165) is 43.1 Å². The molecule has 0 unspecified atom stereocenters. The maximum atomic E-state index is 12.2. The minimum atomic E-state index is -3.77. The molecule has 0 atom stereocenters. The molecular weight excluding hydrogens is 416 g/mol. The van der Waals surface area contributed by atoms with E-state index in [4.69, 9.17) is 4.74 Å². The number of aromatic hydroxyl groups is 1. The SMILES string of the molecule is O=C(OCC(=O)N1CCCCCC1)c1ccc(NS(=O)(=O)c2cccs2)cc1O. The summed E-state index contributed by atoms with van der Waals surface area (Å²) in [6, 6.07) is 6.79. The van der Waals surface area contributed by atoms with Gasteiger partial charge in [0.05, 0.1) is 5.69 Å². The fraction of sp³-hybridized carbons (Fsp3) is 0.368. The molecule has 0 spiro atoms. The van der Waals surface area contributed by atoms with Crippen molar-refractivity contribution in [3.63, 3.8) is 0 Å². The molecule has 1 aromatic carbocycles. The number of phenolic OH excluding ortho intramolecular Hbond substituents is 1. The van der Waals surface area contributed by atoms with Gasteiger partial charge in [0.2, 0.25) is 0 Å². The highest BCUT2D eigenvalue weighted by atomic mass is 32.2. The van der Waals surface area contributed by atoms with Gasteiger partial charge in [0.1, 0.15) is 15.5 Å². The molecule has 1 fully saturated rings. The van der Waals surface area contributed by atoms with Gasteiger partial charge in [-0.05, 0) is 36.4 Å². The van der Waals surface area contributed by atoms with Crippen molar-refractivity contribution in [1.29, 1.82) is 0 Å². The van der Waals surface area contributed by atoms with E-state index >= 15 is 0 Å². The number of thiophene rings is 1. The summed E-state index contributed by atoms with van der Waals surface area (Å²) >= 11 is 1.06. The zero-order chi connectivity index (χ0) is 20.9. The molecule has 1 aromatic heterocycles. The molecule has 156 valence electrons. The van der Waals surface area contributed by atoms with Crippen LogP contribution in [0.15, 0.2) is 39.9 Å². The lowest BCUT2D eigenvalue weighted by atomic mass is 10.2. The molecule has 3 rings (SSSR count). The molecule has 1 saturated heterocycles. The number of ether oxygens (including phenoxy) is 1. The normalized spacial score (nSPS) is 14.8. The molecule has 2 aromatic rings. The van der Waals surface area contributed by atoms with Crippen LogP contribution in [-0.2, 0) is 19.6 Å². The predicted molar refractivity (Wildman–Crippen MR) is 109 cm³/mol. The number of carbonyl (C=O) groups excluding carboxylic acids is 2. The smallest absolute Gasteiger partial charge is 0.342 e. The first-order valence-electron chi connectivity index (χ1n) is 9.21. The molecule has 2 N–H and O–H groups in total. The van der Waals surface area contributed by atoms with Crippen molar-refractivity contribution in [3.8, 4) is 5.75 Å². The number of carbonyl (C=O) groups is 2. The highest BCUT2D eigenvalue weighted by Gasteiger charge is 2.20.